The standard InChI is InChI=1S/C20H24N4O6/c1-9-15(8-28-12(4)26)30-20(17(9)29-13(5)27)24-7-14(10(2)25)16-18(21-6)22-11(3)23-19(16)24/h7,9,15,17,20H,6,8H2,1-5H3/t9-,15-,17-,20-/m1/s1. The minimum absolute atomic E-state index is 0.0109. The van der Waals surface area contributed by atoms with Crippen molar-refractivity contribution in [1.29, 1.82) is 0 Å². The van der Waals surface area contributed by atoms with Gasteiger partial charge in [0.05, 0.1) is 5.39 Å². The number of fused-ring (bicyclic) bond motifs is 1. The van der Waals surface area contributed by atoms with E-state index in [1.807, 2.05) is 6.92 Å². The zero-order valence-corrected chi connectivity index (χ0v) is 17.5. The SMILES string of the molecule is C=Nc1nc(C)nc2c1c(C(C)=O)cn2[C@@H]1O[C@H](COC(C)=O)[C@@H](C)[C@H]1OC(C)=O. The smallest absolute Gasteiger partial charge is 0.303 e. The first-order chi connectivity index (χ1) is 14.1. The van der Waals surface area contributed by atoms with Gasteiger partial charge in [-0.1, -0.05) is 6.92 Å². The summed E-state index contributed by atoms with van der Waals surface area (Å²) in [5.41, 5.74) is 0.770. The van der Waals surface area contributed by atoms with E-state index in [4.69, 9.17) is 14.2 Å². The van der Waals surface area contributed by atoms with E-state index in [1.54, 1.807) is 17.7 Å². The van der Waals surface area contributed by atoms with E-state index in [2.05, 4.69) is 21.7 Å². The summed E-state index contributed by atoms with van der Waals surface area (Å²) in [5, 5.41) is 0.448. The van der Waals surface area contributed by atoms with Crippen molar-refractivity contribution in [2.45, 2.75) is 53.1 Å². The summed E-state index contributed by atoms with van der Waals surface area (Å²) in [5.74, 6) is -0.678. The molecule has 0 aliphatic carbocycles. The highest BCUT2D eigenvalue weighted by molar-refractivity contribution is 6.09. The average Bonchev–Trinajstić information content (AvgIpc) is 3.18. The lowest BCUT2D eigenvalue weighted by atomic mass is 10.0. The quantitative estimate of drug-likeness (QED) is 0.399. The molecule has 1 saturated heterocycles. The molecule has 2 aromatic rings. The second-order valence-electron chi connectivity index (χ2n) is 7.26. The summed E-state index contributed by atoms with van der Waals surface area (Å²) in [6, 6.07) is 0. The van der Waals surface area contributed by atoms with Gasteiger partial charge in [-0.25, -0.2) is 15.0 Å². The Bertz CT molecular complexity index is 1030. The molecule has 0 spiro atoms. The van der Waals surface area contributed by atoms with Gasteiger partial charge in [0.2, 0.25) is 0 Å². The molecule has 0 aromatic carbocycles. The van der Waals surface area contributed by atoms with Crippen LogP contribution < -0.4 is 0 Å². The van der Waals surface area contributed by atoms with Gasteiger partial charge in [0.25, 0.3) is 0 Å². The fourth-order valence-electron chi connectivity index (χ4n) is 3.63. The van der Waals surface area contributed by atoms with Crippen LogP contribution in [0.3, 0.4) is 0 Å². The van der Waals surface area contributed by atoms with Gasteiger partial charge >= 0.3 is 11.9 Å². The molecule has 3 rings (SSSR count). The van der Waals surface area contributed by atoms with E-state index in [0.29, 0.717) is 22.4 Å². The minimum atomic E-state index is -0.785. The van der Waals surface area contributed by atoms with Gasteiger partial charge in [-0.05, 0) is 20.6 Å². The molecule has 0 N–H and O–H groups in total. The molecule has 160 valence electrons. The molecule has 10 nitrogen and oxygen atoms in total. The second kappa shape index (κ2) is 8.31. The van der Waals surface area contributed by atoms with Crippen LogP contribution in [0.4, 0.5) is 5.82 Å². The predicted octanol–water partition coefficient (Wildman–Crippen LogP) is 2.30. The number of carbonyl (C=O) groups is 3. The predicted molar refractivity (Wildman–Crippen MR) is 107 cm³/mol. The van der Waals surface area contributed by atoms with E-state index in [0.717, 1.165) is 0 Å². The lowest BCUT2D eigenvalue weighted by molar-refractivity contribution is -0.153. The Morgan fingerprint density at radius 3 is 2.50 bits per heavy atom. The zero-order valence-electron chi connectivity index (χ0n) is 17.5. The van der Waals surface area contributed by atoms with Crippen molar-refractivity contribution in [1.82, 2.24) is 14.5 Å². The normalized spacial score (nSPS) is 23.4. The van der Waals surface area contributed by atoms with Crippen LogP contribution in [0, 0.1) is 12.8 Å². The second-order valence-corrected chi connectivity index (χ2v) is 7.26. The van der Waals surface area contributed by atoms with Crippen LogP contribution in [-0.4, -0.2) is 57.8 Å². The van der Waals surface area contributed by atoms with Gasteiger partial charge < -0.3 is 18.8 Å². The maximum Gasteiger partial charge on any atom is 0.303 e. The van der Waals surface area contributed by atoms with Gasteiger partial charge in [-0.3, -0.25) is 14.4 Å². The number of ether oxygens (including phenoxy) is 3. The molecule has 1 fully saturated rings. The number of rotatable bonds is 6. The van der Waals surface area contributed by atoms with Crippen LogP contribution in [0.1, 0.15) is 50.1 Å². The van der Waals surface area contributed by atoms with Crippen molar-refractivity contribution in [3.8, 4) is 0 Å². The molecule has 10 heteroatoms. The van der Waals surface area contributed by atoms with Crippen LogP contribution in [0.25, 0.3) is 11.0 Å². The van der Waals surface area contributed by atoms with Crippen LogP contribution >= 0.6 is 0 Å². The van der Waals surface area contributed by atoms with Gasteiger partial charge in [-0.2, -0.15) is 0 Å². The van der Waals surface area contributed by atoms with Crippen molar-refractivity contribution in [2.24, 2.45) is 10.9 Å². The third-order valence-corrected chi connectivity index (χ3v) is 5.02. The summed E-state index contributed by atoms with van der Waals surface area (Å²) in [7, 11) is 0. The van der Waals surface area contributed by atoms with Crippen molar-refractivity contribution in [2.75, 3.05) is 6.61 Å². The number of esters is 2. The highest BCUT2D eigenvalue weighted by atomic mass is 16.6. The fraction of sp³-hybridized carbons (Fsp3) is 0.500. The fourth-order valence-corrected chi connectivity index (χ4v) is 3.63. The van der Waals surface area contributed by atoms with E-state index < -0.39 is 30.4 Å². The molecule has 30 heavy (non-hydrogen) atoms. The summed E-state index contributed by atoms with van der Waals surface area (Å²) < 4.78 is 18.4. The largest absolute Gasteiger partial charge is 0.463 e. The molecule has 3 heterocycles. The molecule has 4 atom stereocenters. The number of aryl methyl sites for hydroxylation is 1. The molecule has 1 aliphatic rings. The van der Waals surface area contributed by atoms with Crippen molar-refractivity contribution < 1.29 is 28.6 Å². The minimum Gasteiger partial charge on any atom is -0.463 e. The molecule has 0 unspecified atom stereocenters. The Morgan fingerprint density at radius 2 is 1.93 bits per heavy atom. The van der Waals surface area contributed by atoms with E-state index in [-0.39, 0.29) is 24.1 Å². The molecule has 1 aliphatic heterocycles. The Hall–Kier alpha value is -3.14. The highest BCUT2D eigenvalue weighted by Gasteiger charge is 2.46. The van der Waals surface area contributed by atoms with Gasteiger partial charge in [-0.15, -0.1) is 0 Å². The van der Waals surface area contributed by atoms with E-state index in [9.17, 15) is 14.4 Å². The van der Waals surface area contributed by atoms with Crippen LogP contribution in [0.5, 0.6) is 0 Å². The van der Waals surface area contributed by atoms with Crippen molar-refractivity contribution in [3.05, 3.63) is 17.6 Å². The van der Waals surface area contributed by atoms with Gasteiger partial charge in [0.15, 0.2) is 23.9 Å². The highest BCUT2D eigenvalue weighted by Crippen LogP contribution is 2.40. The van der Waals surface area contributed by atoms with Gasteiger partial charge in [0, 0.05) is 31.5 Å². The van der Waals surface area contributed by atoms with Gasteiger partial charge in [0.1, 0.15) is 24.2 Å². The molecular formula is C20H24N4O6. The third kappa shape index (κ3) is 3.95. The lowest BCUT2D eigenvalue weighted by Crippen LogP contribution is -2.30. The first kappa shape index (κ1) is 21.6. The summed E-state index contributed by atoms with van der Waals surface area (Å²) in [6.45, 7) is 11.1. The first-order valence-corrected chi connectivity index (χ1v) is 9.46. The number of carbonyl (C=O) groups excluding carboxylic acids is 3. The van der Waals surface area contributed by atoms with Crippen LogP contribution in [0.15, 0.2) is 11.2 Å². The molecule has 0 saturated carbocycles. The summed E-state index contributed by atoms with van der Waals surface area (Å²) in [6.07, 6.45) is -0.389. The van der Waals surface area contributed by atoms with Crippen LogP contribution in [-0.2, 0) is 23.8 Å². The summed E-state index contributed by atoms with van der Waals surface area (Å²) in [4.78, 5) is 48.0. The number of nitrogens with zero attached hydrogens (tertiary/aromatic N) is 4. The van der Waals surface area contributed by atoms with E-state index in [1.165, 1.54) is 20.8 Å². The third-order valence-electron chi connectivity index (χ3n) is 5.02. The monoisotopic (exact) mass is 416 g/mol. The number of ketones is 1. The maximum atomic E-state index is 12.3. The topological polar surface area (TPSA) is 122 Å². The Kier molecular flexibility index (Phi) is 5.97. The number of aromatic nitrogens is 3. The average molecular weight is 416 g/mol. The Labute approximate surface area is 173 Å². The van der Waals surface area contributed by atoms with Crippen LogP contribution in [0.2, 0.25) is 0 Å². The Balaban J connectivity index is 2.14. The summed E-state index contributed by atoms with van der Waals surface area (Å²) >= 11 is 0. The number of aliphatic imine (C=N–C) groups is 1. The molecule has 2 aromatic heterocycles. The zero-order chi connectivity index (χ0) is 22.2. The number of hydrogen-bond acceptors (Lipinski definition) is 9. The van der Waals surface area contributed by atoms with Crippen molar-refractivity contribution >= 4 is 41.3 Å². The molecule has 0 bridgehead atoms. The molecule has 0 radical (unpaired) electrons. The van der Waals surface area contributed by atoms with E-state index >= 15 is 0 Å². The van der Waals surface area contributed by atoms with Crippen molar-refractivity contribution in [3.63, 3.8) is 0 Å². The molecular weight excluding hydrogens is 392 g/mol. The Morgan fingerprint density at radius 1 is 1.23 bits per heavy atom. The number of hydrogen-bond donors (Lipinski definition) is 0. The molecule has 0 amide bonds. The maximum absolute atomic E-state index is 12.3. The first-order valence-electron chi connectivity index (χ1n) is 9.46. The lowest BCUT2D eigenvalue weighted by Gasteiger charge is -2.22. The number of Topliss-reactive ketones (excluding diaryl/α,β-unsaturated/α-hetero) is 1.